The molecular formula is C20H34O7. The first-order valence-electron chi connectivity index (χ1n) is 10.1. The van der Waals surface area contributed by atoms with Crippen molar-refractivity contribution in [3.05, 3.63) is 0 Å². The molecule has 0 aliphatic carbocycles. The third-order valence-electron chi connectivity index (χ3n) is 5.67. The monoisotopic (exact) mass is 386 g/mol. The fraction of sp³-hybridized carbons (Fsp3) is 0.900. The Hall–Kier alpha value is -1.18. The highest BCUT2D eigenvalue weighted by Crippen LogP contribution is 2.30. The van der Waals surface area contributed by atoms with E-state index in [1.165, 1.54) is 0 Å². The molecule has 2 fully saturated rings. The van der Waals surface area contributed by atoms with Crippen molar-refractivity contribution >= 4 is 11.9 Å². The van der Waals surface area contributed by atoms with Gasteiger partial charge >= 0.3 is 11.9 Å². The first-order valence-corrected chi connectivity index (χ1v) is 10.1. The topological polar surface area (TPSA) is 102 Å². The highest BCUT2D eigenvalue weighted by atomic mass is 16.6. The fourth-order valence-electron chi connectivity index (χ4n) is 3.96. The van der Waals surface area contributed by atoms with Crippen LogP contribution in [0.15, 0.2) is 0 Å². The maximum Gasteiger partial charge on any atom is 0.311 e. The molecule has 0 saturated carbocycles. The lowest BCUT2D eigenvalue weighted by molar-refractivity contribution is -0.159. The maximum absolute atomic E-state index is 12.4. The second-order valence-electron chi connectivity index (χ2n) is 8.23. The molecule has 0 aromatic heterocycles. The summed E-state index contributed by atoms with van der Waals surface area (Å²) in [5.41, 5.74) is 0. The quantitative estimate of drug-likeness (QED) is 0.587. The van der Waals surface area contributed by atoms with Crippen molar-refractivity contribution in [3.63, 3.8) is 0 Å². The number of hydrogen-bond acceptors (Lipinski definition) is 6. The molecule has 0 aromatic rings. The SMILES string of the molecule is C[C@@H](O)C[C@H]1CC[C@@H]([C@@H](C)C(=O)O[C@@H](C)C[C@@H]2CC[C@@H]([C@@H](C)C(=O)O)O2)O1. The second-order valence-corrected chi connectivity index (χ2v) is 8.23. The Balaban J connectivity index is 1.73. The van der Waals surface area contributed by atoms with E-state index >= 15 is 0 Å². The predicted octanol–water partition coefficient (Wildman–Crippen LogP) is 2.53. The minimum absolute atomic E-state index is 0.00252. The van der Waals surface area contributed by atoms with Gasteiger partial charge < -0.3 is 24.4 Å². The van der Waals surface area contributed by atoms with E-state index in [-0.39, 0.29) is 42.4 Å². The largest absolute Gasteiger partial charge is 0.481 e. The molecule has 27 heavy (non-hydrogen) atoms. The molecule has 8 atom stereocenters. The zero-order chi connectivity index (χ0) is 20.1. The van der Waals surface area contributed by atoms with Crippen molar-refractivity contribution < 1.29 is 34.0 Å². The van der Waals surface area contributed by atoms with Gasteiger partial charge in [0.1, 0.15) is 6.10 Å². The molecule has 156 valence electrons. The molecule has 0 spiro atoms. The molecular weight excluding hydrogens is 352 g/mol. The van der Waals surface area contributed by atoms with Crippen molar-refractivity contribution in [2.24, 2.45) is 11.8 Å². The van der Waals surface area contributed by atoms with Gasteiger partial charge in [-0.05, 0) is 59.8 Å². The molecule has 0 radical (unpaired) electrons. The van der Waals surface area contributed by atoms with Crippen molar-refractivity contribution in [1.82, 2.24) is 0 Å². The lowest BCUT2D eigenvalue weighted by atomic mass is 10.0. The van der Waals surface area contributed by atoms with Crippen LogP contribution >= 0.6 is 0 Å². The number of aliphatic carboxylic acids is 1. The van der Waals surface area contributed by atoms with Crippen molar-refractivity contribution in [1.29, 1.82) is 0 Å². The van der Waals surface area contributed by atoms with E-state index in [2.05, 4.69) is 0 Å². The van der Waals surface area contributed by atoms with E-state index in [9.17, 15) is 14.7 Å². The van der Waals surface area contributed by atoms with E-state index in [0.717, 1.165) is 25.7 Å². The molecule has 0 unspecified atom stereocenters. The van der Waals surface area contributed by atoms with Gasteiger partial charge in [-0.3, -0.25) is 9.59 Å². The number of aliphatic hydroxyl groups is 1. The minimum atomic E-state index is -0.848. The van der Waals surface area contributed by atoms with Crippen LogP contribution in [0.5, 0.6) is 0 Å². The van der Waals surface area contributed by atoms with Crippen LogP contribution in [-0.2, 0) is 23.8 Å². The van der Waals surface area contributed by atoms with Gasteiger partial charge in [-0.2, -0.15) is 0 Å². The Kier molecular flexibility index (Phi) is 8.06. The molecule has 7 nitrogen and oxygen atoms in total. The molecule has 2 saturated heterocycles. The zero-order valence-electron chi connectivity index (χ0n) is 16.8. The number of ether oxygens (including phenoxy) is 3. The molecule has 2 aliphatic heterocycles. The van der Waals surface area contributed by atoms with E-state index < -0.39 is 18.0 Å². The number of hydrogen-bond donors (Lipinski definition) is 2. The smallest absolute Gasteiger partial charge is 0.311 e. The Morgan fingerprint density at radius 2 is 1.44 bits per heavy atom. The van der Waals surface area contributed by atoms with Crippen molar-refractivity contribution in [3.8, 4) is 0 Å². The highest BCUT2D eigenvalue weighted by Gasteiger charge is 2.36. The van der Waals surface area contributed by atoms with Gasteiger partial charge in [0.05, 0.1) is 42.4 Å². The average molecular weight is 386 g/mol. The molecule has 2 N–H and O–H groups in total. The van der Waals surface area contributed by atoms with Crippen LogP contribution in [0.3, 0.4) is 0 Å². The van der Waals surface area contributed by atoms with E-state index in [0.29, 0.717) is 12.8 Å². The number of carbonyl (C=O) groups is 2. The molecule has 0 aromatic carbocycles. The molecule has 2 aliphatic rings. The lowest BCUT2D eigenvalue weighted by Crippen LogP contribution is -2.32. The van der Waals surface area contributed by atoms with Crippen LogP contribution in [-0.4, -0.2) is 58.8 Å². The van der Waals surface area contributed by atoms with Gasteiger partial charge in [0.15, 0.2) is 0 Å². The second kappa shape index (κ2) is 9.85. The normalized spacial score (nSPS) is 32.6. The maximum atomic E-state index is 12.4. The summed E-state index contributed by atoms with van der Waals surface area (Å²) < 4.78 is 17.3. The number of aliphatic hydroxyl groups excluding tert-OH is 1. The summed E-state index contributed by atoms with van der Waals surface area (Å²) in [5, 5.41) is 18.6. The van der Waals surface area contributed by atoms with Crippen LogP contribution in [0, 0.1) is 11.8 Å². The Morgan fingerprint density at radius 3 is 1.96 bits per heavy atom. The van der Waals surface area contributed by atoms with Gasteiger partial charge in [-0.25, -0.2) is 0 Å². The lowest BCUT2D eigenvalue weighted by Gasteiger charge is -2.23. The average Bonchev–Trinajstić information content (AvgIpc) is 3.22. The van der Waals surface area contributed by atoms with Gasteiger partial charge in [0.2, 0.25) is 0 Å². The van der Waals surface area contributed by atoms with Gasteiger partial charge in [0.25, 0.3) is 0 Å². The minimum Gasteiger partial charge on any atom is -0.481 e. The summed E-state index contributed by atoms with van der Waals surface area (Å²) in [7, 11) is 0. The van der Waals surface area contributed by atoms with Gasteiger partial charge in [-0.15, -0.1) is 0 Å². The summed E-state index contributed by atoms with van der Waals surface area (Å²) in [5.74, 6) is -2.00. The van der Waals surface area contributed by atoms with Crippen LogP contribution in [0.1, 0.15) is 66.2 Å². The molecule has 2 heterocycles. The first kappa shape index (κ1) is 22.1. The van der Waals surface area contributed by atoms with Crippen LogP contribution in [0.2, 0.25) is 0 Å². The van der Waals surface area contributed by atoms with Gasteiger partial charge in [-0.1, -0.05) is 0 Å². The first-order chi connectivity index (χ1) is 12.7. The molecule has 0 bridgehead atoms. The summed E-state index contributed by atoms with van der Waals surface area (Å²) in [6, 6.07) is 0. The Morgan fingerprint density at radius 1 is 0.926 bits per heavy atom. The van der Waals surface area contributed by atoms with Crippen molar-refractivity contribution in [2.45, 2.75) is 103 Å². The Bertz CT molecular complexity index is 507. The van der Waals surface area contributed by atoms with Crippen LogP contribution in [0.4, 0.5) is 0 Å². The number of carboxylic acids is 1. The standard InChI is InChI=1S/C20H34O7/c1-11(21)9-15-5-8-18(26-15)14(4)20(24)25-12(2)10-16-6-7-17(27-16)13(3)19(22)23/h11-18,21H,5-10H2,1-4H3,(H,22,23)/t11-,12+,13-,14-,15-,16+,17+,18+/m1/s1. The fourth-order valence-corrected chi connectivity index (χ4v) is 3.96. The van der Waals surface area contributed by atoms with Crippen LogP contribution in [0.25, 0.3) is 0 Å². The number of esters is 1. The predicted molar refractivity (Wildman–Crippen MR) is 98.2 cm³/mol. The zero-order valence-corrected chi connectivity index (χ0v) is 16.8. The van der Waals surface area contributed by atoms with E-state index in [4.69, 9.17) is 19.3 Å². The highest BCUT2D eigenvalue weighted by molar-refractivity contribution is 5.73. The van der Waals surface area contributed by atoms with E-state index in [1.807, 2.05) is 13.8 Å². The number of carbonyl (C=O) groups excluding carboxylic acids is 1. The number of rotatable bonds is 9. The Labute approximate surface area is 161 Å². The molecule has 7 heteroatoms. The summed E-state index contributed by atoms with van der Waals surface area (Å²) in [4.78, 5) is 23.5. The summed E-state index contributed by atoms with van der Waals surface area (Å²) in [6.45, 7) is 7.06. The molecule has 2 rings (SSSR count). The van der Waals surface area contributed by atoms with Crippen LogP contribution < -0.4 is 0 Å². The van der Waals surface area contributed by atoms with Crippen molar-refractivity contribution in [2.75, 3.05) is 0 Å². The summed E-state index contributed by atoms with van der Waals surface area (Å²) >= 11 is 0. The summed E-state index contributed by atoms with van der Waals surface area (Å²) in [6.07, 6.45) is 3.08. The molecule has 0 amide bonds. The third kappa shape index (κ3) is 6.43. The number of carboxylic acid groups (broad SMARTS) is 1. The van der Waals surface area contributed by atoms with E-state index in [1.54, 1.807) is 13.8 Å². The van der Waals surface area contributed by atoms with Gasteiger partial charge in [0, 0.05) is 6.42 Å². The third-order valence-corrected chi connectivity index (χ3v) is 5.67.